The van der Waals surface area contributed by atoms with E-state index in [9.17, 15) is 4.79 Å². The van der Waals surface area contributed by atoms with Crippen molar-refractivity contribution >= 4 is 18.3 Å². The Balaban J connectivity index is 0.00000288. The summed E-state index contributed by atoms with van der Waals surface area (Å²) in [5.74, 6) is 0.724. The molecule has 0 fully saturated rings. The van der Waals surface area contributed by atoms with Crippen LogP contribution in [-0.4, -0.2) is 24.6 Å². The SMILES string of the molecule is CC(C)(CN)NC(=O)CCOc1ccccc1-c1ccccc1.Cl. The summed E-state index contributed by atoms with van der Waals surface area (Å²) in [5, 5.41) is 2.89. The van der Waals surface area contributed by atoms with Crippen LogP contribution in [0.5, 0.6) is 5.75 Å². The highest BCUT2D eigenvalue weighted by molar-refractivity contribution is 5.85. The monoisotopic (exact) mass is 348 g/mol. The van der Waals surface area contributed by atoms with Crippen molar-refractivity contribution in [3.05, 3.63) is 54.6 Å². The van der Waals surface area contributed by atoms with Crippen LogP contribution in [0.1, 0.15) is 20.3 Å². The summed E-state index contributed by atoms with van der Waals surface area (Å²) in [7, 11) is 0. The molecule has 1 amide bonds. The van der Waals surface area contributed by atoms with E-state index in [4.69, 9.17) is 10.5 Å². The van der Waals surface area contributed by atoms with Gasteiger partial charge in [-0.2, -0.15) is 0 Å². The van der Waals surface area contributed by atoms with Crippen LogP contribution in [0.4, 0.5) is 0 Å². The minimum atomic E-state index is -0.390. The summed E-state index contributed by atoms with van der Waals surface area (Å²) in [6.45, 7) is 4.53. The fraction of sp³-hybridized carbons (Fsp3) is 0.316. The summed E-state index contributed by atoms with van der Waals surface area (Å²) in [6.07, 6.45) is 0.298. The number of nitrogens with two attached hydrogens (primary N) is 1. The Kier molecular flexibility index (Phi) is 7.75. The molecule has 0 bridgehead atoms. The first-order chi connectivity index (χ1) is 11.0. The van der Waals surface area contributed by atoms with E-state index in [1.54, 1.807) is 0 Å². The van der Waals surface area contributed by atoms with Crippen molar-refractivity contribution in [3.63, 3.8) is 0 Å². The van der Waals surface area contributed by atoms with E-state index in [0.29, 0.717) is 19.6 Å². The molecule has 0 aromatic heterocycles. The smallest absolute Gasteiger partial charge is 0.223 e. The number of carbonyl (C=O) groups excluding carboxylic acids is 1. The van der Waals surface area contributed by atoms with E-state index in [1.165, 1.54) is 0 Å². The second kappa shape index (κ2) is 9.30. The molecule has 0 radical (unpaired) electrons. The number of para-hydroxylation sites is 1. The lowest BCUT2D eigenvalue weighted by atomic mass is 10.0. The van der Waals surface area contributed by atoms with Crippen molar-refractivity contribution in [2.75, 3.05) is 13.2 Å². The van der Waals surface area contributed by atoms with Crippen LogP contribution >= 0.6 is 12.4 Å². The Labute approximate surface area is 149 Å². The Morgan fingerprint density at radius 1 is 1.08 bits per heavy atom. The maximum atomic E-state index is 11.9. The second-order valence-corrected chi connectivity index (χ2v) is 6.10. The molecule has 0 unspecified atom stereocenters. The van der Waals surface area contributed by atoms with Gasteiger partial charge in [-0.25, -0.2) is 0 Å². The van der Waals surface area contributed by atoms with Gasteiger partial charge in [0.05, 0.1) is 13.0 Å². The van der Waals surface area contributed by atoms with Gasteiger partial charge in [0.2, 0.25) is 5.91 Å². The van der Waals surface area contributed by atoms with Gasteiger partial charge in [-0.1, -0.05) is 48.5 Å². The van der Waals surface area contributed by atoms with Gasteiger partial charge in [0.1, 0.15) is 5.75 Å². The van der Waals surface area contributed by atoms with Gasteiger partial charge in [0.25, 0.3) is 0 Å². The lowest BCUT2D eigenvalue weighted by Gasteiger charge is -2.24. The Morgan fingerprint density at radius 3 is 2.38 bits per heavy atom. The Bertz CT molecular complexity index is 645. The van der Waals surface area contributed by atoms with Gasteiger partial charge < -0.3 is 15.8 Å². The minimum absolute atomic E-state index is 0. The molecule has 130 valence electrons. The minimum Gasteiger partial charge on any atom is -0.492 e. The average molecular weight is 349 g/mol. The highest BCUT2D eigenvalue weighted by Crippen LogP contribution is 2.29. The molecule has 4 nitrogen and oxygen atoms in total. The van der Waals surface area contributed by atoms with Crippen molar-refractivity contribution in [2.24, 2.45) is 5.73 Å². The maximum Gasteiger partial charge on any atom is 0.223 e. The van der Waals surface area contributed by atoms with Crippen LogP contribution in [-0.2, 0) is 4.79 Å². The molecule has 0 saturated heterocycles. The summed E-state index contributed by atoms with van der Waals surface area (Å²) in [6, 6.07) is 17.9. The zero-order chi connectivity index (χ0) is 16.7. The van der Waals surface area contributed by atoms with Crippen LogP contribution in [0.3, 0.4) is 0 Å². The van der Waals surface area contributed by atoms with Crippen LogP contribution in [0.25, 0.3) is 11.1 Å². The largest absolute Gasteiger partial charge is 0.492 e. The standard InChI is InChI=1S/C19H24N2O2.ClH/c1-19(2,14-20)21-18(22)12-13-23-17-11-7-6-10-16(17)15-8-4-3-5-9-15;/h3-11H,12-14,20H2,1-2H3,(H,21,22);1H. The van der Waals surface area contributed by atoms with Crippen LogP contribution in [0.2, 0.25) is 0 Å². The maximum absolute atomic E-state index is 11.9. The molecule has 2 aromatic rings. The molecule has 24 heavy (non-hydrogen) atoms. The molecule has 0 heterocycles. The van der Waals surface area contributed by atoms with Gasteiger partial charge >= 0.3 is 0 Å². The number of carbonyl (C=O) groups is 1. The van der Waals surface area contributed by atoms with E-state index in [0.717, 1.165) is 16.9 Å². The first kappa shape index (κ1) is 20.0. The molecule has 0 saturated carbocycles. The van der Waals surface area contributed by atoms with Gasteiger partial charge in [-0.3, -0.25) is 4.79 Å². The van der Waals surface area contributed by atoms with E-state index in [-0.39, 0.29) is 23.9 Å². The quantitative estimate of drug-likeness (QED) is 0.806. The summed E-state index contributed by atoms with van der Waals surface area (Å²) in [5.41, 5.74) is 7.34. The van der Waals surface area contributed by atoms with Crippen LogP contribution < -0.4 is 15.8 Å². The number of hydrogen-bond donors (Lipinski definition) is 2. The number of hydrogen-bond acceptors (Lipinski definition) is 3. The van der Waals surface area contributed by atoms with E-state index >= 15 is 0 Å². The number of nitrogens with one attached hydrogen (secondary N) is 1. The summed E-state index contributed by atoms with van der Waals surface area (Å²) in [4.78, 5) is 11.9. The number of rotatable bonds is 7. The first-order valence-corrected chi connectivity index (χ1v) is 7.80. The second-order valence-electron chi connectivity index (χ2n) is 6.10. The topological polar surface area (TPSA) is 64.3 Å². The van der Waals surface area contributed by atoms with E-state index < -0.39 is 0 Å². The highest BCUT2D eigenvalue weighted by atomic mass is 35.5. The third-order valence-electron chi connectivity index (χ3n) is 3.55. The van der Waals surface area contributed by atoms with E-state index in [2.05, 4.69) is 5.32 Å². The molecule has 0 aliphatic rings. The fourth-order valence-corrected chi connectivity index (χ4v) is 2.19. The van der Waals surface area contributed by atoms with Crippen molar-refractivity contribution in [3.8, 4) is 16.9 Å². The van der Waals surface area contributed by atoms with Crippen molar-refractivity contribution < 1.29 is 9.53 Å². The van der Waals surface area contributed by atoms with Crippen LogP contribution in [0.15, 0.2) is 54.6 Å². The molecule has 3 N–H and O–H groups in total. The van der Waals surface area contributed by atoms with Crippen molar-refractivity contribution in [1.29, 1.82) is 0 Å². The normalized spacial score (nSPS) is 10.6. The van der Waals surface area contributed by atoms with E-state index in [1.807, 2.05) is 68.4 Å². The lowest BCUT2D eigenvalue weighted by molar-refractivity contribution is -0.123. The van der Waals surface area contributed by atoms with Crippen molar-refractivity contribution in [1.82, 2.24) is 5.32 Å². The number of halogens is 1. The van der Waals surface area contributed by atoms with Gasteiger partial charge in [0.15, 0.2) is 0 Å². The summed E-state index contributed by atoms with van der Waals surface area (Å²) >= 11 is 0. The number of benzene rings is 2. The number of amides is 1. The molecule has 2 rings (SSSR count). The fourth-order valence-electron chi connectivity index (χ4n) is 2.19. The molecule has 0 aliphatic carbocycles. The lowest BCUT2D eigenvalue weighted by Crippen LogP contribution is -2.49. The Hall–Kier alpha value is -2.04. The molecule has 0 spiro atoms. The van der Waals surface area contributed by atoms with Crippen molar-refractivity contribution in [2.45, 2.75) is 25.8 Å². The third-order valence-corrected chi connectivity index (χ3v) is 3.55. The molecule has 5 heteroatoms. The predicted octanol–water partition coefficient (Wildman–Crippen LogP) is 3.40. The van der Waals surface area contributed by atoms with Gasteiger partial charge in [0, 0.05) is 17.6 Å². The zero-order valence-electron chi connectivity index (χ0n) is 14.1. The molecule has 0 atom stereocenters. The highest BCUT2D eigenvalue weighted by Gasteiger charge is 2.18. The number of ether oxygens (including phenoxy) is 1. The van der Waals surface area contributed by atoms with Gasteiger partial charge in [-0.15, -0.1) is 12.4 Å². The molecular weight excluding hydrogens is 324 g/mol. The average Bonchev–Trinajstić information content (AvgIpc) is 2.56. The zero-order valence-corrected chi connectivity index (χ0v) is 14.9. The predicted molar refractivity (Wildman–Crippen MR) is 101 cm³/mol. The molecule has 0 aliphatic heterocycles. The summed E-state index contributed by atoms with van der Waals surface area (Å²) < 4.78 is 5.82. The Morgan fingerprint density at radius 2 is 1.71 bits per heavy atom. The molecular formula is C19H25ClN2O2. The van der Waals surface area contributed by atoms with Gasteiger partial charge in [-0.05, 0) is 25.5 Å². The third kappa shape index (κ3) is 5.87. The van der Waals surface area contributed by atoms with Crippen LogP contribution in [0, 0.1) is 0 Å². The molecule has 2 aromatic carbocycles. The first-order valence-electron chi connectivity index (χ1n) is 7.80.